The van der Waals surface area contributed by atoms with Gasteiger partial charge in [0.1, 0.15) is 0 Å². The first-order valence-corrected chi connectivity index (χ1v) is 5.01. The van der Waals surface area contributed by atoms with Crippen molar-refractivity contribution in [1.29, 1.82) is 0 Å². The van der Waals surface area contributed by atoms with E-state index in [2.05, 4.69) is 0 Å². The van der Waals surface area contributed by atoms with Gasteiger partial charge in [-0.1, -0.05) is 6.07 Å². The van der Waals surface area contributed by atoms with Crippen molar-refractivity contribution in [3.8, 4) is 0 Å². The third-order valence-corrected chi connectivity index (χ3v) is 2.79. The SMILES string of the molecule is O=C1CCc2ccc([N+](=O)[O-])cc2CC1F. The highest BCUT2D eigenvalue weighted by Gasteiger charge is 2.24. The topological polar surface area (TPSA) is 60.2 Å². The molecule has 0 spiro atoms. The summed E-state index contributed by atoms with van der Waals surface area (Å²) in [6.45, 7) is 0. The van der Waals surface area contributed by atoms with E-state index in [1.54, 1.807) is 6.07 Å². The van der Waals surface area contributed by atoms with Crippen LogP contribution in [0.1, 0.15) is 17.5 Å². The minimum absolute atomic E-state index is 0.0458. The molecule has 1 aliphatic rings. The van der Waals surface area contributed by atoms with Crippen molar-refractivity contribution >= 4 is 11.5 Å². The predicted molar refractivity (Wildman–Crippen MR) is 55.0 cm³/mol. The van der Waals surface area contributed by atoms with E-state index < -0.39 is 16.9 Å². The zero-order chi connectivity index (χ0) is 11.7. The van der Waals surface area contributed by atoms with E-state index in [9.17, 15) is 19.3 Å². The number of non-ortho nitro benzene ring substituents is 1. The van der Waals surface area contributed by atoms with Gasteiger partial charge in [-0.2, -0.15) is 0 Å². The number of hydrogen-bond donors (Lipinski definition) is 0. The van der Waals surface area contributed by atoms with Crippen LogP contribution in [0, 0.1) is 10.1 Å². The van der Waals surface area contributed by atoms with E-state index in [-0.39, 0.29) is 18.5 Å². The standard InChI is InChI=1S/C11H10FNO3/c12-10-6-8-5-9(13(15)16)3-1-7(8)2-4-11(10)14/h1,3,5,10H,2,4,6H2. The first-order valence-electron chi connectivity index (χ1n) is 5.01. The van der Waals surface area contributed by atoms with Crippen LogP contribution in [0.4, 0.5) is 10.1 Å². The molecular formula is C11H10FNO3. The third-order valence-electron chi connectivity index (χ3n) is 2.79. The highest BCUT2D eigenvalue weighted by Crippen LogP contribution is 2.24. The summed E-state index contributed by atoms with van der Waals surface area (Å²) in [6, 6.07) is 4.36. The normalized spacial score (nSPS) is 20.1. The summed E-state index contributed by atoms with van der Waals surface area (Å²) in [4.78, 5) is 21.2. The average molecular weight is 223 g/mol. The van der Waals surface area contributed by atoms with Crippen LogP contribution in [0.25, 0.3) is 0 Å². The minimum Gasteiger partial charge on any atom is -0.296 e. The quantitative estimate of drug-likeness (QED) is 0.415. The molecule has 0 amide bonds. The molecule has 0 saturated heterocycles. The lowest BCUT2D eigenvalue weighted by Gasteiger charge is -2.05. The van der Waals surface area contributed by atoms with E-state index in [1.807, 2.05) is 0 Å². The van der Waals surface area contributed by atoms with E-state index >= 15 is 0 Å². The van der Waals surface area contributed by atoms with Crippen LogP contribution in [0.5, 0.6) is 0 Å². The second kappa shape index (κ2) is 4.00. The molecule has 16 heavy (non-hydrogen) atoms. The molecule has 1 aromatic rings. The second-order valence-corrected chi connectivity index (χ2v) is 3.85. The van der Waals surface area contributed by atoms with Crippen LogP contribution in [-0.2, 0) is 17.6 Å². The van der Waals surface area contributed by atoms with E-state index in [0.29, 0.717) is 12.0 Å². The Balaban J connectivity index is 2.39. The largest absolute Gasteiger partial charge is 0.296 e. The van der Waals surface area contributed by atoms with Crippen molar-refractivity contribution < 1.29 is 14.1 Å². The van der Waals surface area contributed by atoms with Crippen LogP contribution < -0.4 is 0 Å². The molecule has 1 atom stereocenters. The molecule has 0 bridgehead atoms. The number of ketones is 1. The lowest BCUT2D eigenvalue weighted by molar-refractivity contribution is -0.384. The molecule has 0 aliphatic heterocycles. The molecule has 2 rings (SSSR count). The second-order valence-electron chi connectivity index (χ2n) is 3.85. The Hall–Kier alpha value is -1.78. The maximum atomic E-state index is 13.3. The fraction of sp³-hybridized carbons (Fsp3) is 0.364. The molecule has 1 unspecified atom stereocenters. The maximum Gasteiger partial charge on any atom is 0.269 e. The van der Waals surface area contributed by atoms with Crippen molar-refractivity contribution in [1.82, 2.24) is 0 Å². The molecule has 84 valence electrons. The molecule has 0 aromatic heterocycles. The van der Waals surface area contributed by atoms with Crippen LogP contribution in [0.3, 0.4) is 0 Å². The van der Waals surface area contributed by atoms with Crippen molar-refractivity contribution in [2.45, 2.75) is 25.4 Å². The Labute approximate surface area is 91.2 Å². The number of rotatable bonds is 1. The molecular weight excluding hydrogens is 213 g/mol. The summed E-state index contributed by atoms with van der Waals surface area (Å²) in [7, 11) is 0. The number of carbonyl (C=O) groups excluding carboxylic acids is 1. The number of benzene rings is 1. The molecule has 1 aliphatic carbocycles. The van der Waals surface area contributed by atoms with Gasteiger partial charge in [0.15, 0.2) is 12.0 Å². The zero-order valence-corrected chi connectivity index (χ0v) is 8.48. The van der Waals surface area contributed by atoms with Crippen molar-refractivity contribution in [2.24, 2.45) is 0 Å². The van der Waals surface area contributed by atoms with Gasteiger partial charge < -0.3 is 0 Å². The molecule has 4 nitrogen and oxygen atoms in total. The summed E-state index contributed by atoms with van der Waals surface area (Å²) in [6.07, 6.45) is -0.933. The monoisotopic (exact) mass is 223 g/mol. The number of hydrogen-bond acceptors (Lipinski definition) is 3. The predicted octanol–water partition coefficient (Wildman–Crippen LogP) is 1.99. The van der Waals surface area contributed by atoms with Gasteiger partial charge in [-0.05, 0) is 17.5 Å². The third kappa shape index (κ3) is 1.93. The van der Waals surface area contributed by atoms with Gasteiger partial charge in [0.2, 0.25) is 0 Å². The minimum atomic E-state index is -1.52. The van der Waals surface area contributed by atoms with Gasteiger partial charge in [-0.3, -0.25) is 14.9 Å². The van der Waals surface area contributed by atoms with Crippen LogP contribution in [0.2, 0.25) is 0 Å². The maximum absolute atomic E-state index is 13.3. The van der Waals surface area contributed by atoms with Crippen molar-refractivity contribution in [3.63, 3.8) is 0 Å². The Morgan fingerprint density at radius 1 is 1.31 bits per heavy atom. The number of carbonyl (C=O) groups is 1. The lowest BCUT2D eigenvalue weighted by Crippen LogP contribution is -2.15. The summed E-state index contributed by atoms with van der Waals surface area (Å²) in [5.41, 5.74) is 1.35. The first kappa shape index (κ1) is 10.7. The number of nitrogens with zero attached hydrogens (tertiary/aromatic N) is 1. The van der Waals surface area contributed by atoms with E-state index in [4.69, 9.17) is 0 Å². The number of nitro benzene ring substituents is 1. The Kier molecular flexibility index (Phi) is 2.68. The Morgan fingerprint density at radius 2 is 2.06 bits per heavy atom. The summed E-state index contributed by atoms with van der Waals surface area (Å²) < 4.78 is 13.3. The average Bonchev–Trinajstić information content (AvgIpc) is 2.38. The summed E-state index contributed by atoms with van der Waals surface area (Å²) >= 11 is 0. The highest BCUT2D eigenvalue weighted by atomic mass is 19.1. The number of nitro groups is 1. The van der Waals surface area contributed by atoms with Gasteiger partial charge in [0.25, 0.3) is 5.69 Å². The Morgan fingerprint density at radius 3 is 2.75 bits per heavy atom. The van der Waals surface area contributed by atoms with Crippen molar-refractivity contribution in [3.05, 3.63) is 39.4 Å². The van der Waals surface area contributed by atoms with Gasteiger partial charge in [-0.25, -0.2) is 4.39 Å². The highest BCUT2D eigenvalue weighted by molar-refractivity contribution is 5.84. The van der Waals surface area contributed by atoms with E-state index in [1.165, 1.54) is 12.1 Å². The van der Waals surface area contributed by atoms with Crippen LogP contribution >= 0.6 is 0 Å². The number of aryl methyl sites for hydroxylation is 1. The molecule has 0 radical (unpaired) electrons. The molecule has 1 aromatic carbocycles. The summed E-state index contributed by atoms with van der Waals surface area (Å²) in [5, 5.41) is 10.6. The Bertz CT molecular complexity index is 459. The molecule has 0 heterocycles. The van der Waals surface area contributed by atoms with Crippen molar-refractivity contribution in [2.75, 3.05) is 0 Å². The fourth-order valence-electron chi connectivity index (χ4n) is 1.88. The summed E-state index contributed by atoms with van der Waals surface area (Å²) in [5.74, 6) is -0.418. The molecule has 5 heteroatoms. The fourth-order valence-corrected chi connectivity index (χ4v) is 1.88. The van der Waals surface area contributed by atoms with E-state index in [0.717, 1.165) is 5.56 Å². The molecule has 0 N–H and O–H groups in total. The lowest BCUT2D eigenvalue weighted by atomic mass is 10.0. The zero-order valence-electron chi connectivity index (χ0n) is 8.48. The molecule has 0 saturated carbocycles. The van der Waals surface area contributed by atoms with Crippen LogP contribution in [0.15, 0.2) is 18.2 Å². The smallest absolute Gasteiger partial charge is 0.269 e. The number of halogens is 1. The van der Waals surface area contributed by atoms with Crippen LogP contribution in [-0.4, -0.2) is 16.9 Å². The number of fused-ring (bicyclic) bond motifs is 1. The number of Topliss-reactive ketones (excluding diaryl/α,β-unsaturated/α-hetero) is 1. The number of alkyl halides is 1. The molecule has 0 fully saturated rings. The van der Waals surface area contributed by atoms with Gasteiger partial charge >= 0.3 is 0 Å². The van der Waals surface area contributed by atoms with Gasteiger partial charge in [-0.15, -0.1) is 0 Å². The van der Waals surface area contributed by atoms with Gasteiger partial charge in [0, 0.05) is 25.0 Å². The van der Waals surface area contributed by atoms with Gasteiger partial charge in [0.05, 0.1) is 4.92 Å². The first-order chi connectivity index (χ1) is 7.58.